The first-order valence-corrected chi connectivity index (χ1v) is 14.9. The molecule has 0 radical (unpaired) electrons. The number of rotatable bonds is 8. The Balaban J connectivity index is 1.85. The summed E-state index contributed by atoms with van der Waals surface area (Å²) in [4.78, 5) is 14.2. The highest BCUT2D eigenvalue weighted by atomic mass is 32.1. The average molecular weight is 591 g/mol. The summed E-state index contributed by atoms with van der Waals surface area (Å²) in [5.41, 5.74) is -3.64. The maximum atomic E-state index is 14.2. The molecule has 0 bridgehead atoms. The van der Waals surface area contributed by atoms with E-state index in [1.807, 2.05) is 65.8 Å². The quantitative estimate of drug-likeness (QED) is 0.245. The van der Waals surface area contributed by atoms with Crippen molar-refractivity contribution < 1.29 is 27.4 Å². The van der Waals surface area contributed by atoms with Gasteiger partial charge in [-0.25, -0.2) is 0 Å². The molecule has 0 aliphatic carbocycles. The monoisotopic (exact) mass is 590 g/mol. The van der Waals surface area contributed by atoms with Crippen molar-refractivity contribution in [1.29, 1.82) is 0 Å². The third-order valence-electron chi connectivity index (χ3n) is 7.59. The maximum Gasteiger partial charge on any atom is 0.417 e. The number of halogens is 3. The minimum Gasteiger partial charge on any atom is -0.488 e. The summed E-state index contributed by atoms with van der Waals surface area (Å²) in [6, 6.07) is 13.5. The summed E-state index contributed by atoms with van der Waals surface area (Å²) in [5, 5.41) is 0.906. The minimum atomic E-state index is -4.56. The van der Waals surface area contributed by atoms with Gasteiger partial charge in [0.05, 0.1) is 11.0 Å². The van der Waals surface area contributed by atoms with Gasteiger partial charge >= 0.3 is 12.1 Å². The van der Waals surface area contributed by atoms with E-state index in [1.165, 1.54) is 17.4 Å². The third-order valence-corrected chi connectivity index (χ3v) is 8.74. The number of hydrogen-bond donors (Lipinski definition) is 0. The van der Waals surface area contributed by atoms with E-state index >= 15 is 0 Å². The van der Waals surface area contributed by atoms with Gasteiger partial charge in [0.1, 0.15) is 17.0 Å². The number of carbonyl (C=O) groups is 1. The molecule has 0 saturated carbocycles. The van der Waals surface area contributed by atoms with Gasteiger partial charge in [-0.2, -0.15) is 13.2 Å². The molecule has 1 heterocycles. The maximum absolute atomic E-state index is 14.2. The summed E-state index contributed by atoms with van der Waals surface area (Å²) in [6.45, 7) is 21.6. The van der Waals surface area contributed by atoms with Gasteiger partial charge < -0.3 is 9.47 Å². The van der Waals surface area contributed by atoms with Crippen molar-refractivity contribution >= 4 is 27.4 Å². The zero-order valence-electron chi connectivity index (χ0n) is 26.3. The van der Waals surface area contributed by atoms with Crippen LogP contribution in [-0.4, -0.2) is 17.2 Å². The fourth-order valence-electron chi connectivity index (χ4n) is 5.64. The van der Waals surface area contributed by atoms with Crippen LogP contribution >= 0.6 is 11.3 Å². The molecule has 2 aromatic carbocycles. The molecule has 41 heavy (non-hydrogen) atoms. The Kier molecular flexibility index (Phi) is 8.80. The molecule has 1 atom stereocenters. The van der Waals surface area contributed by atoms with Crippen molar-refractivity contribution in [2.75, 3.05) is 0 Å². The molecule has 1 aromatic heterocycles. The Labute approximate surface area is 247 Å². The van der Waals surface area contributed by atoms with Crippen molar-refractivity contribution in [2.24, 2.45) is 16.2 Å². The smallest absolute Gasteiger partial charge is 0.417 e. The fourth-order valence-corrected chi connectivity index (χ4v) is 6.74. The standard InChI is InChI=1S/C34H45F3O3S/c1-29(2,3)20-33(11,30(4,5)6)28(38)40-32(9,10)21-31(7,8)39-23-16-17-24(25(19-23)34(35,36)37)27-18-22-14-12-13-15-26(22)41-27/h12-19H,20-21H2,1-11H3. The van der Waals surface area contributed by atoms with E-state index in [0.29, 0.717) is 11.3 Å². The zero-order valence-corrected chi connectivity index (χ0v) is 27.1. The first-order chi connectivity index (χ1) is 18.4. The van der Waals surface area contributed by atoms with E-state index in [9.17, 15) is 18.0 Å². The summed E-state index contributed by atoms with van der Waals surface area (Å²) in [6.07, 6.45) is -3.64. The van der Waals surface area contributed by atoms with Crippen LogP contribution in [-0.2, 0) is 15.7 Å². The predicted molar refractivity (Wildman–Crippen MR) is 163 cm³/mol. The van der Waals surface area contributed by atoms with E-state index in [0.717, 1.165) is 16.2 Å². The van der Waals surface area contributed by atoms with Gasteiger partial charge in [0, 0.05) is 21.6 Å². The number of thiophene rings is 1. The molecule has 3 aromatic rings. The van der Waals surface area contributed by atoms with E-state index in [2.05, 4.69) is 20.8 Å². The normalized spacial score (nSPS) is 15.1. The van der Waals surface area contributed by atoms with Crippen LogP contribution in [0.1, 0.15) is 94.6 Å². The summed E-state index contributed by atoms with van der Waals surface area (Å²) >= 11 is 1.33. The second kappa shape index (κ2) is 10.9. The van der Waals surface area contributed by atoms with Gasteiger partial charge in [-0.1, -0.05) is 59.7 Å². The predicted octanol–water partition coefficient (Wildman–Crippen LogP) is 10.9. The molecule has 0 aliphatic heterocycles. The average Bonchev–Trinajstić information content (AvgIpc) is 3.19. The Morgan fingerprint density at radius 1 is 0.780 bits per heavy atom. The molecule has 3 nitrogen and oxygen atoms in total. The van der Waals surface area contributed by atoms with Crippen LogP contribution in [0.4, 0.5) is 13.2 Å². The molecule has 226 valence electrons. The second-order valence-corrected chi connectivity index (χ2v) is 15.9. The van der Waals surface area contributed by atoms with Crippen LogP contribution in [0.5, 0.6) is 5.75 Å². The Hall–Kier alpha value is -2.54. The van der Waals surface area contributed by atoms with Gasteiger partial charge in [0.2, 0.25) is 0 Å². The Morgan fingerprint density at radius 3 is 1.93 bits per heavy atom. The number of carbonyl (C=O) groups excluding carboxylic acids is 1. The van der Waals surface area contributed by atoms with E-state index in [4.69, 9.17) is 9.47 Å². The van der Waals surface area contributed by atoms with E-state index in [-0.39, 0.29) is 34.5 Å². The molecule has 0 spiro atoms. The van der Waals surface area contributed by atoms with E-state index in [1.54, 1.807) is 26.0 Å². The number of benzene rings is 2. The van der Waals surface area contributed by atoms with Crippen LogP contribution < -0.4 is 4.74 Å². The molecule has 1 unspecified atom stereocenters. The topological polar surface area (TPSA) is 35.5 Å². The van der Waals surface area contributed by atoms with Crippen molar-refractivity contribution in [3.05, 3.63) is 54.1 Å². The molecule has 0 aliphatic rings. The minimum absolute atomic E-state index is 0.0915. The lowest BCUT2D eigenvalue weighted by molar-refractivity contribution is -0.181. The van der Waals surface area contributed by atoms with Crippen LogP contribution in [0.2, 0.25) is 0 Å². The number of esters is 1. The number of ether oxygens (including phenoxy) is 2. The molecule has 3 rings (SSSR count). The molecule has 0 fully saturated rings. The number of fused-ring (bicyclic) bond motifs is 1. The van der Waals surface area contributed by atoms with Crippen molar-refractivity contribution in [1.82, 2.24) is 0 Å². The molecule has 0 amide bonds. The van der Waals surface area contributed by atoms with Crippen LogP contribution in [0.25, 0.3) is 20.5 Å². The highest BCUT2D eigenvalue weighted by Gasteiger charge is 2.49. The molecular formula is C34H45F3O3S. The zero-order chi connectivity index (χ0) is 31.2. The summed E-state index contributed by atoms with van der Waals surface area (Å²) < 4.78 is 55.9. The van der Waals surface area contributed by atoms with Gasteiger partial charge in [-0.3, -0.25) is 4.79 Å². The lowest BCUT2D eigenvalue weighted by Gasteiger charge is -2.45. The van der Waals surface area contributed by atoms with Crippen molar-refractivity contribution in [2.45, 2.75) is 106 Å². The second-order valence-electron chi connectivity index (χ2n) is 14.9. The van der Waals surface area contributed by atoms with Crippen LogP contribution in [0.3, 0.4) is 0 Å². The molecule has 7 heteroatoms. The van der Waals surface area contributed by atoms with Crippen molar-refractivity contribution in [3.8, 4) is 16.2 Å². The fraction of sp³-hybridized carbons (Fsp3) is 0.559. The van der Waals surface area contributed by atoms with Gasteiger partial charge in [0.15, 0.2) is 0 Å². The van der Waals surface area contributed by atoms with Gasteiger partial charge in [0.25, 0.3) is 0 Å². The number of hydrogen-bond acceptors (Lipinski definition) is 4. The highest BCUT2D eigenvalue weighted by Crippen LogP contribution is 2.49. The Morgan fingerprint density at radius 2 is 1.39 bits per heavy atom. The first kappa shape index (κ1) is 33.0. The SMILES string of the molecule is CC(C)(C)CC(C)(C(=O)OC(C)(C)CC(C)(C)Oc1ccc(-c2cc3ccccc3s2)c(C(F)(F)F)c1)C(C)(C)C. The highest BCUT2D eigenvalue weighted by molar-refractivity contribution is 7.22. The lowest BCUT2D eigenvalue weighted by Crippen LogP contribution is -2.48. The largest absolute Gasteiger partial charge is 0.488 e. The lowest BCUT2D eigenvalue weighted by atomic mass is 9.61. The Bertz CT molecular complexity index is 1350. The van der Waals surface area contributed by atoms with E-state index < -0.39 is 28.4 Å². The van der Waals surface area contributed by atoms with Crippen LogP contribution in [0.15, 0.2) is 48.5 Å². The third kappa shape index (κ3) is 8.06. The molecule has 0 saturated heterocycles. The van der Waals surface area contributed by atoms with Crippen LogP contribution in [0, 0.1) is 16.2 Å². The molecular weight excluding hydrogens is 545 g/mol. The first-order valence-electron chi connectivity index (χ1n) is 14.1. The number of alkyl halides is 3. The summed E-state index contributed by atoms with van der Waals surface area (Å²) in [5.74, 6) is -0.172. The molecule has 0 N–H and O–H groups in total. The summed E-state index contributed by atoms with van der Waals surface area (Å²) in [7, 11) is 0. The van der Waals surface area contributed by atoms with Crippen molar-refractivity contribution in [3.63, 3.8) is 0 Å². The van der Waals surface area contributed by atoms with Gasteiger partial charge in [-0.05, 0) is 87.6 Å². The van der Waals surface area contributed by atoms with Gasteiger partial charge in [-0.15, -0.1) is 11.3 Å².